The van der Waals surface area contributed by atoms with Crippen molar-refractivity contribution in [3.63, 3.8) is 0 Å². The summed E-state index contributed by atoms with van der Waals surface area (Å²) in [5, 5.41) is 2.61. The normalized spacial score (nSPS) is 19.9. The molecule has 0 amide bonds. The summed E-state index contributed by atoms with van der Waals surface area (Å²) in [4.78, 5) is 3.41. The summed E-state index contributed by atoms with van der Waals surface area (Å²) in [6, 6.07) is 0. The fraction of sp³-hybridized carbons (Fsp3) is 0.500. The van der Waals surface area contributed by atoms with Gasteiger partial charge in [0.1, 0.15) is 0 Å². The Hall–Kier alpha value is -1.24. The molecule has 0 atom stereocenters. The number of hydrogen-bond donors (Lipinski definition) is 1. The number of nitrogens with one attached hydrogen (secondary N) is 1. The van der Waals surface area contributed by atoms with Gasteiger partial charge in [0.25, 0.3) is 0 Å². The quantitative estimate of drug-likeness (QED) is 0.801. The number of aromatic amines is 1. The molecule has 1 heterocycles. The molecule has 2 rings (SSSR count). The summed E-state index contributed by atoms with van der Waals surface area (Å²) in [5.41, 5.74) is 2.62. The van der Waals surface area contributed by atoms with Gasteiger partial charge in [-0.3, -0.25) is 0 Å². The Morgan fingerprint density at radius 1 is 1.35 bits per heavy atom. The average Bonchev–Trinajstić information content (AvgIpc) is 2.72. The minimum atomic E-state index is 0.762. The van der Waals surface area contributed by atoms with Crippen LogP contribution in [0.1, 0.15) is 57.4 Å². The van der Waals surface area contributed by atoms with E-state index in [1.165, 1.54) is 48.2 Å². The number of allylic oxidation sites excluding steroid dienone is 1. The number of H-pyrrole nitrogens is 1. The van der Waals surface area contributed by atoms with E-state index in [0.717, 1.165) is 11.5 Å². The smallest absolute Gasteiger partial charge is 0.0456 e. The minimum Gasteiger partial charge on any atom is -0.361 e. The van der Waals surface area contributed by atoms with Crippen LogP contribution in [0, 0.1) is 0 Å². The van der Waals surface area contributed by atoms with Crippen LogP contribution in [0.25, 0.3) is 12.2 Å². The van der Waals surface area contributed by atoms with Gasteiger partial charge in [-0.2, -0.15) is 0 Å². The van der Waals surface area contributed by atoms with E-state index in [9.17, 15) is 0 Å². The van der Waals surface area contributed by atoms with Gasteiger partial charge in [-0.05, 0) is 49.5 Å². The Morgan fingerprint density at radius 2 is 2.06 bits per heavy atom. The van der Waals surface area contributed by atoms with Crippen molar-refractivity contribution in [3.05, 3.63) is 34.5 Å². The van der Waals surface area contributed by atoms with Gasteiger partial charge in [-0.15, -0.1) is 0 Å². The standard InChI is InChI=1S/C16H23N/c1-4-14-15(13-8-6-5-7-9-13)11-17-16(14)10-12(2)3/h4,10-11,13,17H,2,5-9H2,1,3H3/b14-4-,16-10+. The zero-order valence-corrected chi connectivity index (χ0v) is 11.1. The molecule has 1 aliphatic carbocycles. The molecule has 0 spiro atoms. The lowest BCUT2D eigenvalue weighted by molar-refractivity contribution is 0.442. The molecule has 0 unspecified atom stereocenters. The molecular formula is C16H23N. The van der Waals surface area contributed by atoms with E-state index in [4.69, 9.17) is 0 Å². The van der Waals surface area contributed by atoms with Crippen LogP contribution in [-0.2, 0) is 0 Å². The summed E-state index contributed by atoms with van der Waals surface area (Å²) in [6.07, 6.45) is 13.5. The van der Waals surface area contributed by atoms with E-state index in [-0.39, 0.29) is 0 Å². The Morgan fingerprint density at radius 3 is 2.65 bits per heavy atom. The van der Waals surface area contributed by atoms with Crippen molar-refractivity contribution >= 4 is 12.2 Å². The largest absolute Gasteiger partial charge is 0.361 e. The molecule has 1 fully saturated rings. The summed E-state index contributed by atoms with van der Waals surface area (Å²) >= 11 is 0. The highest BCUT2D eigenvalue weighted by Crippen LogP contribution is 2.30. The van der Waals surface area contributed by atoms with E-state index < -0.39 is 0 Å². The predicted octanol–water partition coefficient (Wildman–Crippen LogP) is 3.22. The fourth-order valence-corrected chi connectivity index (χ4v) is 2.91. The molecule has 1 saturated carbocycles. The van der Waals surface area contributed by atoms with Gasteiger partial charge in [-0.1, -0.05) is 37.5 Å². The van der Waals surface area contributed by atoms with Crippen molar-refractivity contribution in [2.24, 2.45) is 0 Å². The third-order valence-corrected chi connectivity index (χ3v) is 3.71. The van der Waals surface area contributed by atoms with Crippen molar-refractivity contribution in [2.75, 3.05) is 0 Å². The van der Waals surface area contributed by atoms with E-state index in [1.807, 2.05) is 6.92 Å². The number of aromatic nitrogens is 1. The highest BCUT2D eigenvalue weighted by Gasteiger charge is 2.17. The fourth-order valence-electron chi connectivity index (χ4n) is 2.91. The summed E-state index contributed by atoms with van der Waals surface area (Å²) in [7, 11) is 0. The Kier molecular flexibility index (Phi) is 3.88. The van der Waals surface area contributed by atoms with Crippen molar-refractivity contribution in [1.82, 2.24) is 4.98 Å². The van der Waals surface area contributed by atoms with Gasteiger partial charge < -0.3 is 4.98 Å². The van der Waals surface area contributed by atoms with E-state index in [0.29, 0.717) is 0 Å². The maximum Gasteiger partial charge on any atom is 0.0456 e. The first kappa shape index (κ1) is 12.2. The topological polar surface area (TPSA) is 15.8 Å². The molecule has 1 N–H and O–H groups in total. The summed E-state index contributed by atoms with van der Waals surface area (Å²) in [6.45, 7) is 8.13. The van der Waals surface area contributed by atoms with Gasteiger partial charge in [0.15, 0.2) is 0 Å². The molecule has 0 saturated heterocycles. The van der Waals surface area contributed by atoms with E-state index in [1.54, 1.807) is 0 Å². The number of rotatable bonds is 2. The third kappa shape index (κ3) is 2.71. The van der Waals surface area contributed by atoms with Crippen LogP contribution >= 0.6 is 0 Å². The Labute approximate surface area is 104 Å². The van der Waals surface area contributed by atoms with Crippen LogP contribution < -0.4 is 10.6 Å². The second-order valence-corrected chi connectivity index (χ2v) is 5.19. The summed E-state index contributed by atoms with van der Waals surface area (Å²) < 4.78 is 0. The van der Waals surface area contributed by atoms with Gasteiger partial charge in [-0.25, -0.2) is 0 Å². The van der Waals surface area contributed by atoms with Gasteiger partial charge in [0.2, 0.25) is 0 Å². The van der Waals surface area contributed by atoms with Gasteiger partial charge >= 0.3 is 0 Å². The lowest BCUT2D eigenvalue weighted by atomic mass is 9.84. The molecule has 1 aliphatic rings. The van der Waals surface area contributed by atoms with E-state index in [2.05, 4.69) is 36.8 Å². The van der Waals surface area contributed by atoms with Crippen LogP contribution in [0.15, 0.2) is 18.3 Å². The van der Waals surface area contributed by atoms with Crippen molar-refractivity contribution in [1.29, 1.82) is 0 Å². The first-order valence-corrected chi connectivity index (χ1v) is 6.73. The molecule has 1 heteroatoms. The lowest BCUT2D eigenvalue weighted by Gasteiger charge is -2.20. The molecule has 0 radical (unpaired) electrons. The molecular weight excluding hydrogens is 206 g/mol. The highest BCUT2D eigenvalue weighted by molar-refractivity contribution is 5.44. The highest BCUT2D eigenvalue weighted by atomic mass is 14.7. The second-order valence-electron chi connectivity index (χ2n) is 5.19. The van der Waals surface area contributed by atoms with Crippen LogP contribution in [0.5, 0.6) is 0 Å². The minimum absolute atomic E-state index is 0.762. The lowest BCUT2D eigenvalue weighted by Crippen LogP contribution is -2.26. The van der Waals surface area contributed by atoms with Crippen LogP contribution in [0.2, 0.25) is 0 Å². The zero-order chi connectivity index (χ0) is 12.3. The molecule has 1 nitrogen and oxygen atoms in total. The molecule has 0 aliphatic heterocycles. The SMILES string of the molecule is C=C(C)/C=c1/[nH]cc(C2CCCCC2)/c1=C/C. The molecule has 17 heavy (non-hydrogen) atoms. The van der Waals surface area contributed by atoms with Crippen molar-refractivity contribution in [3.8, 4) is 0 Å². The maximum absolute atomic E-state index is 3.96. The van der Waals surface area contributed by atoms with Crippen LogP contribution in [-0.4, -0.2) is 4.98 Å². The molecule has 1 aromatic rings. The molecule has 92 valence electrons. The second kappa shape index (κ2) is 5.39. The first-order valence-electron chi connectivity index (χ1n) is 6.73. The van der Waals surface area contributed by atoms with Crippen LogP contribution in [0.3, 0.4) is 0 Å². The van der Waals surface area contributed by atoms with Gasteiger partial charge in [0, 0.05) is 11.5 Å². The Balaban J connectivity index is 2.42. The first-order chi connectivity index (χ1) is 8.22. The summed E-state index contributed by atoms with van der Waals surface area (Å²) in [5.74, 6) is 0.762. The maximum atomic E-state index is 3.96. The molecule has 1 aromatic heterocycles. The average molecular weight is 229 g/mol. The van der Waals surface area contributed by atoms with Crippen molar-refractivity contribution < 1.29 is 0 Å². The molecule has 0 bridgehead atoms. The van der Waals surface area contributed by atoms with Crippen LogP contribution in [0.4, 0.5) is 0 Å². The Bertz CT molecular complexity index is 498. The van der Waals surface area contributed by atoms with E-state index >= 15 is 0 Å². The number of hydrogen-bond acceptors (Lipinski definition) is 0. The third-order valence-electron chi connectivity index (χ3n) is 3.71. The zero-order valence-electron chi connectivity index (χ0n) is 11.1. The predicted molar refractivity (Wildman–Crippen MR) is 75.3 cm³/mol. The molecule has 0 aromatic carbocycles. The monoisotopic (exact) mass is 229 g/mol. The van der Waals surface area contributed by atoms with Gasteiger partial charge in [0.05, 0.1) is 0 Å². The van der Waals surface area contributed by atoms with Crippen molar-refractivity contribution in [2.45, 2.75) is 51.9 Å².